The first kappa shape index (κ1) is 20.4. The second-order valence-corrected chi connectivity index (χ2v) is 9.00. The summed E-state index contributed by atoms with van der Waals surface area (Å²) in [6, 6.07) is 21.0. The zero-order valence-corrected chi connectivity index (χ0v) is 17.3. The Morgan fingerprint density at radius 1 is 0.704 bits per heavy atom. The van der Waals surface area contributed by atoms with Gasteiger partial charge in [-0.15, -0.1) is 0 Å². The molecule has 1 atom stereocenters. The maximum atomic E-state index is 12.9. The fraction of sp³-hybridized carbons (Fsp3) is 0.143. The van der Waals surface area contributed by atoms with Crippen LogP contribution in [0.4, 0.5) is 0 Å². The molecule has 0 aliphatic rings. The van der Waals surface area contributed by atoms with Gasteiger partial charge in [-0.3, -0.25) is 4.21 Å². The first-order valence-corrected chi connectivity index (χ1v) is 10.8. The second kappa shape index (κ2) is 8.76. The summed E-state index contributed by atoms with van der Waals surface area (Å²) in [6.07, 6.45) is 0. The zero-order valence-electron chi connectivity index (χ0n) is 14.2. The minimum absolute atomic E-state index is 0.0406. The summed E-state index contributed by atoms with van der Waals surface area (Å²) in [5.74, 6) is 0.361. The molecule has 3 aromatic rings. The second-order valence-electron chi connectivity index (χ2n) is 6.23. The quantitative estimate of drug-likeness (QED) is 0.524. The molecule has 0 saturated carbocycles. The Morgan fingerprint density at radius 2 is 1.07 bits per heavy atom. The summed E-state index contributed by atoms with van der Waals surface area (Å²) >= 11 is 17.9. The number of aliphatic hydroxyl groups is 1. The molecule has 6 heteroatoms. The van der Waals surface area contributed by atoms with Gasteiger partial charge in [0.15, 0.2) is 0 Å². The first-order chi connectivity index (χ1) is 12.9. The third-order valence-corrected chi connectivity index (χ3v) is 6.41. The normalized spacial score (nSPS) is 12.7. The molecule has 0 aliphatic heterocycles. The van der Waals surface area contributed by atoms with E-state index in [0.29, 0.717) is 31.9 Å². The Labute approximate surface area is 176 Å². The van der Waals surface area contributed by atoms with Crippen LogP contribution in [0.25, 0.3) is 0 Å². The summed E-state index contributed by atoms with van der Waals surface area (Å²) in [4.78, 5) is 0. The number of hydrogen-bond donors (Lipinski definition) is 1. The molecule has 2 nitrogen and oxygen atoms in total. The van der Waals surface area contributed by atoms with E-state index in [1.165, 1.54) is 0 Å². The molecule has 0 saturated heterocycles. The molecule has 27 heavy (non-hydrogen) atoms. The largest absolute Gasteiger partial charge is 0.379 e. The fourth-order valence-corrected chi connectivity index (χ4v) is 4.68. The molecule has 0 amide bonds. The highest BCUT2D eigenvalue weighted by Gasteiger charge is 2.33. The summed E-state index contributed by atoms with van der Waals surface area (Å²) in [7, 11) is -1.32. The smallest absolute Gasteiger partial charge is 0.126 e. The molecule has 3 rings (SSSR count). The lowest BCUT2D eigenvalue weighted by Gasteiger charge is -2.29. The Hall–Kier alpha value is -1.36. The monoisotopic (exact) mass is 438 g/mol. The highest BCUT2D eigenvalue weighted by Crippen LogP contribution is 2.33. The predicted molar refractivity (Wildman–Crippen MR) is 114 cm³/mol. The van der Waals surface area contributed by atoms with Crippen LogP contribution in [0, 0.1) is 0 Å². The number of rotatable bonds is 6. The molecule has 0 aromatic heterocycles. The minimum Gasteiger partial charge on any atom is -0.379 e. The van der Waals surface area contributed by atoms with Gasteiger partial charge >= 0.3 is 0 Å². The van der Waals surface area contributed by atoms with Crippen molar-refractivity contribution in [3.8, 4) is 0 Å². The minimum atomic E-state index is -1.42. The van der Waals surface area contributed by atoms with Crippen LogP contribution in [0.15, 0.2) is 72.8 Å². The van der Waals surface area contributed by atoms with Crippen molar-refractivity contribution in [2.24, 2.45) is 0 Å². The van der Waals surface area contributed by atoms with Gasteiger partial charge in [-0.25, -0.2) is 0 Å². The third-order valence-electron chi connectivity index (χ3n) is 4.25. The van der Waals surface area contributed by atoms with Crippen molar-refractivity contribution in [3.63, 3.8) is 0 Å². The summed E-state index contributed by atoms with van der Waals surface area (Å²) in [5, 5.41) is 13.3. The van der Waals surface area contributed by atoms with Crippen molar-refractivity contribution in [1.82, 2.24) is 0 Å². The van der Waals surface area contributed by atoms with Crippen LogP contribution in [0.5, 0.6) is 0 Å². The first-order valence-electron chi connectivity index (χ1n) is 8.21. The van der Waals surface area contributed by atoms with E-state index in [9.17, 15) is 9.32 Å². The zero-order chi connectivity index (χ0) is 19.4. The van der Waals surface area contributed by atoms with Gasteiger partial charge in [0.1, 0.15) is 5.60 Å². The molecule has 1 N–H and O–H groups in total. The van der Waals surface area contributed by atoms with E-state index in [-0.39, 0.29) is 5.75 Å². The van der Waals surface area contributed by atoms with Gasteiger partial charge < -0.3 is 5.11 Å². The fourth-order valence-electron chi connectivity index (χ4n) is 2.84. The van der Waals surface area contributed by atoms with Crippen molar-refractivity contribution in [2.75, 3.05) is 5.75 Å². The highest BCUT2D eigenvalue weighted by molar-refractivity contribution is 7.84. The van der Waals surface area contributed by atoms with E-state index >= 15 is 0 Å². The van der Waals surface area contributed by atoms with Crippen molar-refractivity contribution in [1.29, 1.82) is 0 Å². The molecule has 0 heterocycles. The molecule has 0 radical (unpaired) electrons. The average Bonchev–Trinajstić information content (AvgIpc) is 2.64. The maximum Gasteiger partial charge on any atom is 0.126 e. The van der Waals surface area contributed by atoms with E-state index in [4.69, 9.17) is 34.8 Å². The van der Waals surface area contributed by atoms with Gasteiger partial charge in [0.05, 0.1) is 5.75 Å². The van der Waals surface area contributed by atoms with Crippen molar-refractivity contribution in [3.05, 3.63) is 105 Å². The average molecular weight is 440 g/mol. The molecule has 140 valence electrons. The molecular formula is C21H17Cl3O2S. The van der Waals surface area contributed by atoms with Crippen LogP contribution in [-0.2, 0) is 22.2 Å². The van der Waals surface area contributed by atoms with Crippen LogP contribution >= 0.6 is 34.8 Å². The van der Waals surface area contributed by atoms with E-state index in [1.54, 1.807) is 60.7 Å². The number of hydrogen-bond acceptors (Lipinski definition) is 2. The summed E-state index contributed by atoms with van der Waals surface area (Å²) < 4.78 is 12.9. The molecular weight excluding hydrogens is 423 g/mol. The molecule has 0 aliphatic carbocycles. The predicted octanol–water partition coefficient (Wildman–Crippen LogP) is 5.83. The van der Waals surface area contributed by atoms with Gasteiger partial charge in [0.2, 0.25) is 0 Å². The van der Waals surface area contributed by atoms with Gasteiger partial charge in [-0.2, -0.15) is 0 Å². The van der Waals surface area contributed by atoms with E-state index in [2.05, 4.69) is 0 Å². The summed E-state index contributed by atoms with van der Waals surface area (Å²) in [5.41, 5.74) is 0.719. The van der Waals surface area contributed by atoms with Crippen LogP contribution in [0.3, 0.4) is 0 Å². The van der Waals surface area contributed by atoms with E-state index < -0.39 is 16.4 Å². The van der Waals surface area contributed by atoms with Crippen LogP contribution in [0.2, 0.25) is 15.1 Å². The standard InChI is InChI=1S/C21H17Cl3O2S/c22-18-7-1-15(2-8-18)13-27(26)14-21(25,16-3-9-19(23)10-4-16)17-5-11-20(24)12-6-17/h1-12,25H,13-14H2/t27-/m0/s1. The van der Waals surface area contributed by atoms with Gasteiger partial charge in [0, 0.05) is 31.6 Å². The lowest BCUT2D eigenvalue weighted by molar-refractivity contribution is 0.106. The van der Waals surface area contributed by atoms with Gasteiger partial charge in [-0.1, -0.05) is 71.2 Å². The van der Waals surface area contributed by atoms with Crippen LogP contribution < -0.4 is 0 Å². The van der Waals surface area contributed by atoms with Gasteiger partial charge in [-0.05, 0) is 53.1 Å². The lowest BCUT2D eigenvalue weighted by Crippen LogP contribution is -2.34. The SMILES string of the molecule is O=[S@@](Cc1ccc(Cl)cc1)CC(O)(c1ccc(Cl)cc1)c1ccc(Cl)cc1. The van der Waals surface area contributed by atoms with Crippen molar-refractivity contribution in [2.45, 2.75) is 11.4 Å². The molecule has 0 bridgehead atoms. The van der Waals surface area contributed by atoms with Crippen LogP contribution in [0.1, 0.15) is 16.7 Å². The van der Waals surface area contributed by atoms with E-state index in [0.717, 1.165) is 5.56 Å². The maximum absolute atomic E-state index is 12.9. The Balaban J connectivity index is 1.91. The Kier molecular flexibility index (Phi) is 6.61. The molecule has 0 spiro atoms. The highest BCUT2D eigenvalue weighted by atomic mass is 35.5. The number of benzene rings is 3. The molecule has 3 aromatic carbocycles. The summed E-state index contributed by atoms with van der Waals surface area (Å²) in [6.45, 7) is 0. The van der Waals surface area contributed by atoms with Crippen molar-refractivity contribution >= 4 is 45.6 Å². The Morgan fingerprint density at radius 3 is 1.48 bits per heavy atom. The molecule has 0 unspecified atom stereocenters. The number of halogens is 3. The molecule has 0 fully saturated rings. The third kappa shape index (κ3) is 5.13. The van der Waals surface area contributed by atoms with E-state index in [1.807, 2.05) is 12.1 Å². The lowest BCUT2D eigenvalue weighted by atomic mass is 9.88. The van der Waals surface area contributed by atoms with Gasteiger partial charge in [0.25, 0.3) is 0 Å². The van der Waals surface area contributed by atoms with Crippen molar-refractivity contribution < 1.29 is 9.32 Å². The Bertz CT molecular complexity index is 878. The van der Waals surface area contributed by atoms with Crippen LogP contribution in [-0.4, -0.2) is 15.1 Å². The topological polar surface area (TPSA) is 37.3 Å².